The first-order valence-electron chi connectivity index (χ1n) is 10.3. The van der Waals surface area contributed by atoms with Crippen LogP contribution >= 0.6 is 0 Å². The third-order valence-corrected chi connectivity index (χ3v) is 6.46. The van der Waals surface area contributed by atoms with Gasteiger partial charge < -0.3 is 25.6 Å². The molecular formula is C23H25N2O5+. The second kappa shape index (κ2) is 6.38. The molecule has 2 aromatic rings. The SMILES string of the molecule is CC(C)c1ccc2c(c1)OC1(O)c3cccc([NH3+])c3C(=O)C21NC(=O)C1CCCO1. The van der Waals surface area contributed by atoms with Gasteiger partial charge in [0.25, 0.3) is 5.79 Å². The van der Waals surface area contributed by atoms with Crippen LogP contribution in [-0.4, -0.2) is 29.5 Å². The lowest BCUT2D eigenvalue weighted by Gasteiger charge is -2.35. The molecule has 0 radical (unpaired) electrons. The number of rotatable bonds is 3. The van der Waals surface area contributed by atoms with Crippen LogP contribution in [-0.2, 0) is 20.9 Å². The van der Waals surface area contributed by atoms with Crippen LogP contribution in [0.3, 0.4) is 0 Å². The topological polar surface area (TPSA) is 113 Å². The van der Waals surface area contributed by atoms with Gasteiger partial charge in [0.1, 0.15) is 17.5 Å². The fraction of sp³-hybridized carbons (Fsp3) is 0.391. The van der Waals surface area contributed by atoms with Crippen molar-refractivity contribution in [3.63, 3.8) is 0 Å². The van der Waals surface area contributed by atoms with Gasteiger partial charge in [0.15, 0.2) is 0 Å². The van der Waals surface area contributed by atoms with Gasteiger partial charge in [-0.15, -0.1) is 0 Å². The molecule has 2 aliphatic heterocycles. The zero-order chi connectivity index (χ0) is 21.3. The van der Waals surface area contributed by atoms with Crippen molar-refractivity contribution in [3.05, 3.63) is 58.7 Å². The van der Waals surface area contributed by atoms with Gasteiger partial charge in [0.2, 0.25) is 17.2 Å². The van der Waals surface area contributed by atoms with E-state index in [-0.39, 0.29) is 11.5 Å². The maximum atomic E-state index is 13.8. The maximum absolute atomic E-state index is 13.8. The molecule has 30 heavy (non-hydrogen) atoms. The van der Waals surface area contributed by atoms with E-state index in [2.05, 4.69) is 24.9 Å². The first-order valence-corrected chi connectivity index (χ1v) is 10.3. The van der Waals surface area contributed by atoms with Crippen LogP contribution in [0, 0.1) is 0 Å². The second-order valence-corrected chi connectivity index (χ2v) is 8.57. The molecule has 1 amide bonds. The molecule has 7 nitrogen and oxygen atoms in total. The van der Waals surface area contributed by atoms with Gasteiger partial charge in [-0.25, -0.2) is 0 Å². The Labute approximate surface area is 174 Å². The number of benzene rings is 2. The Kier molecular flexibility index (Phi) is 4.09. The van der Waals surface area contributed by atoms with Crippen molar-refractivity contribution in [2.75, 3.05) is 6.61 Å². The molecule has 1 fully saturated rings. The van der Waals surface area contributed by atoms with E-state index in [1.165, 1.54) is 0 Å². The number of nitrogens with one attached hydrogen (secondary N) is 1. The lowest BCUT2D eigenvalue weighted by Crippen LogP contribution is -2.61. The van der Waals surface area contributed by atoms with E-state index in [0.717, 1.165) is 12.0 Å². The summed E-state index contributed by atoms with van der Waals surface area (Å²) in [5, 5.41) is 14.7. The summed E-state index contributed by atoms with van der Waals surface area (Å²) in [6.07, 6.45) is 0.692. The van der Waals surface area contributed by atoms with Crippen LogP contribution in [0.4, 0.5) is 5.69 Å². The van der Waals surface area contributed by atoms with Crippen molar-refractivity contribution in [2.45, 2.75) is 50.0 Å². The van der Waals surface area contributed by atoms with Gasteiger partial charge in [0.05, 0.1) is 5.56 Å². The number of quaternary nitrogens is 1. The molecule has 7 heteroatoms. The quantitative estimate of drug-likeness (QED) is 0.713. The van der Waals surface area contributed by atoms with Crippen molar-refractivity contribution in [1.29, 1.82) is 0 Å². The van der Waals surface area contributed by atoms with Gasteiger partial charge in [-0.2, -0.15) is 0 Å². The minimum Gasteiger partial charge on any atom is -0.454 e. The van der Waals surface area contributed by atoms with Crippen LogP contribution in [0.1, 0.15) is 59.7 Å². The van der Waals surface area contributed by atoms with Gasteiger partial charge in [-0.3, -0.25) is 9.59 Å². The Bertz CT molecular complexity index is 1080. The number of carbonyl (C=O) groups excluding carboxylic acids is 2. The van der Waals surface area contributed by atoms with Crippen molar-refractivity contribution in [1.82, 2.24) is 5.32 Å². The van der Waals surface area contributed by atoms with Crippen LogP contribution < -0.4 is 15.8 Å². The van der Waals surface area contributed by atoms with Gasteiger partial charge >= 0.3 is 0 Å². The smallest absolute Gasteiger partial charge is 0.271 e. The highest BCUT2D eigenvalue weighted by atomic mass is 16.6. The van der Waals surface area contributed by atoms with E-state index in [9.17, 15) is 14.7 Å². The normalized spacial score (nSPS) is 28.8. The predicted molar refractivity (Wildman–Crippen MR) is 107 cm³/mol. The van der Waals surface area contributed by atoms with E-state index < -0.39 is 29.1 Å². The number of ketones is 1. The number of carbonyl (C=O) groups is 2. The van der Waals surface area contributed by atoms with E-state index in [4.69, 9.17) is 9.47 Å². The Morgan fingerprint density at radius 3 is 2.77 bits per heavy atom. The predicted octanol–water partition coefficient (Wildman–Crippen LogP) is 1.61. The third-order valence-electron chi connectivity index (χ3n) is 6.46. The molecule has 156 valence electrons. The molecule has 1 saturated heterocycles. The van der Waals surface area contributed by atoms with Crippen LogP contribution in [0.15, 0.2) is 36.4 Å². The fourth-order valence-electron chi connectivity index (χ4n) is 4.84. The Balaban J connectivity index is 1.71. The van der Waals surface area contributed by atoms with E-state index in [0.29, 0.717) is 35.6 Å². The minimum atomic E-state index is -2.06. The second-order valence-electron chi connectivity index (χ2n) is 8.57. The summed E-state index contributed by atoms with van der Waals surface area (Å²) in [5.74, 6) is -2.28. The Morgan fingerprint density at radius 2 is 2.07 bits per heavy atom. The summed E-state index contributed by atoms with van der Waals surface area (Å²) in [4.78, 5) is 26.9. The van der Waals surface area contributed by atoms with Crippen LogP contribution in [0.2, 0.25) is 0 Å². The van der Waals surface area contributed by atoms with Gasteiger partial charge in [-0.05, 0) is 36.5 Å². The lowest BCUT2D eigenvalue weighted by molar-refractivity contribution is -0.255. The molecule has 0 aromatic heterocycles. The average Bonchev–Trinajstić information content (AvgIpc) is 3.37. The number of amides is 1. The minimum absolute atomic E-state index is 0.237. The molecule has 3 unspecified atom stereocenters. The van der Waals surface area contributed by atoms with Gasteiger partial charge in [0, 0.05) is 17.7 Å². The highest BCUT2D eigenvalue weighted by Gasteiger charge is 2.72. The molecule has 2 heterocycles. The molecule has 3 aliphatic rings. The summed E-state index contributed by atoms with van der Waals surface area (Å²) >= 11 is 0. The first kappa shape index (κ1) is 19.2. The maximum Gasteiger partial charge on any atom is 0.271 e. The van der Waals surface area contributed by atoms with Crippen LogP contribution in [0.5, 0.6) is 5.75 Å². The Hall–Kier alpha value is -2.74. The van der Waals surface area contributed by atoms with Gasteiger partial charge in [-0.1, -0.05) is 38.1 Å². The van der Waals surface area contributed by atoms with E-state index >= 15 is 0 Å². The first-order chi connectivity index (χ1) is 14.3. The zero-order valence-electron chi connectivity index (χ0n) is 17.0. The summed E-state index contributed by atoms with van der Waals surface area (Å²) in [6, 6.07) is 10.6. The molecule has 5 rings (SSSR count). The molecule has 1 aliphatic carbocycles. The molecule has 0 spiro atoms. The summed E-state index contributed by atoms with van der Waals surface area (Å²) < 4.78 is 11.6. The lowest BCUT2D eigenvalue weighted by atomic mass is 9.82. The van der Waals surface area contributed by atoms with E-state index in [1.54, 1.807) is 24.3 Å². The number of hydrogen-bond donors (Lipinski definition) is 3. The molecule has 0 bridgehead atoms. The molecule has 0 saturated carbocycles. The summed E-state index contributed by atoms with van der Waals surface area (Å²) in [6.45, 7) is 4.60. The molecular weight excluding hydrogens is 384 g/mol. The molecule has 2 aromatic carbocycles. The van der Waals surface area contributed by atoms with Crippen molar-refractivity contribution in [3.8, 4) is 5.75 Å². The van der Waals surface area contributed by atoms with Crippen molar-refractivity contribution in [2.24, 2.45) is 0 Å². The number of fused-ring (bicyclic) bond motifs is 5. The standard InChI is InChI=1S/C23H24N2O5/c1-12(2)13-8-9-14-18(11-13)30-23(28)15-5-3-6-16(24)19(15)20(26)22(14,23)25-21(27)17-7-4-10-29-17/h3,5-6,8-9,11-12,17,28H,4,7,10,24H2,1-2H3,(H,25,27)/p+1. The number of Topliss-reactive ketones (excluding diaryl/α,β-unsaturated/α-hetero) is 1. The average molecular weight is 409 g/mol. The number of hydrogen-bond acceptors (Lipinski definition) is 5. The van der Waals surface area contributed by atoms with Crippen molar-refractivity contribution < 1.29 is 29.9 Å². The highest BCUT2D eigenvalue weighted by Crippen LogP contribution is 2.59. The monoisotopic (exact) mass is 409 g/mol. The summed E-state index contributed by atoms with van der Waals surface area (Å²) in [5.41, 5.74) is 4.71. The van der Waals surface area contributed by atoms with Crippen molar-refractivity contribution >= 4 is 17.4 Å². The van der Waals surface area contributed by atoms with E-state index in [1.807, 2.05) is 12.1 Å². The molecule has 5 N–H and O–H groups in total. The zero-order valence-corrected chi connectivity index (χ0v) is 17.0. The number of aliphatic hydroxyl groups is 1. The Morgan fingerprint density at radius 1 is 1.27 bits per heavy atom. The summed E-state index contributed by atoms with van der Waals surface area (Å²) in [7, 11) is 0. The van der Waals surface area contributed by atoms with Crippen LogP contribution in [0.25, 0.3) is 0 Å². The molecule has 3 atom stereocenters. The third kappa shape index (κ3) is 2.31. The number of ether oxygens (including phenoxy) is 2. The fourth-order valence-corrected chi connectivity index (χ4v) is 4.84. The largest absolute Gasteiger partial charge is 0.454 e. The highest BCUT2D eigenvalue weighted by molar-refractivity contribution is 6.14.